The Labute approximate surface area is 146 Å². The molecule has 27 heavy (non-hydrogen) atoms. The maximum atomic E-state index is 13.0. The van der Waals surface area contributed by atoms with Gasteiger partial charge in [-0.15, -0.1) is 0 Å². The number of benzene rings is 2. The van der Waals surface area contributed by atoms with Crippen molar-refractivity contribution in [3.05, 3.63) is 52.3 Å². The van der Waals surface area contributed by atoms with E-state index in [2.05, 4.69) is 0 Å². The second-order valence-corrected chi connectivity index (χ2v) is 5.74. The van der Waals surface area contributed by atoms with Gasteiger partial charge in [-0.25, -0.2) is 0 Å². The molecule has 0 spiro atoms. The molecule has 1 heterocycles. The van der Waals surface area contributed by atoms with E-state index < -0.39 is 52.5 Å². The average Bonchev–Trinajstić information content (AvgIpc) is 2.56. The van der Waals surface area contributed by atoms with Gasteiger partial charge >= 0.3 is 12.4 Å². The summed E-state index contributed by atoms with van der Waals surface area (Å²) in [6, 6.07) is 8.31. The van der Waals surface area contributed by atoms with Crippen molar-refractivity contribution in [1.29, 1.82) is 0 Å². The predicted octanol–water partition coefficient (Wildman–Crippen LogP) is 4.17. The molecule has 0 aliphatic carbocycles. The van der Waals surface area contributed by atoms with E-state index in [-0.39, 0.29) is 9.95 Å². The molecular weight excluding hydrogens is 380 g/mol. The fraction of sp³-hybridized carbons (Fsp3) is 0.176. The first-order valence-corrected chi connectivity index (χ1v) is 7.37. The first-order chi connectivity index (χ1) is 12.4. The van der Waals surface area contributed by atoms with Gasteiger partial charge in [-0.05, 0) is 11.5 Å². The van der Waals surface area contributed by atoms with Gasteiger partial charge in [0.15, 0.2) is 0 Å². The minimum Gasteiger partial charge on any atom is -0.506 e. The Morgan fingerprint density at radius 2 is 1.59 bits per heavy atom. The molecule has 3 rings (SSSR count). The van der Waals surface area contributed by atoms with Crippen LogP contribution in [-0.4, -0.2) is 27.8 Å². The molecule has 0 unspecified atom stereocenters. The summed E-state index contributed by atoms with van der Waals surface area (Å²) < 4.78 is 77.4. The summed E-state index contributed by atoms with van der Waals surface area (Å²) in [5.74, 6) is -4.02. The second kappa shape index (κ2) is 6.00. The second-order valence-electron chi connectivity index (χ2n) is 5.74. The van der Waals surface area contributed by atoms with Crippen molar-refractivity contribution >= 4 is 27.5 Å². The molecule has 10 heteroatoms. The summed E-state index contributed by atoms with van der Waals surface area (Å²) in [5.41, 5.74) is -4.02. The van der Waals surface area contributed by atoms with Crippen LogP contribution in [-0.2, 0) is 6.54 Å². The quantitative estimate of drug-likeness (QED) is 0.407. The lowest BCUT2D eigenvalue weighted by Crippen LogP contribution is -2.36. The number of hydrogen-bond donors (Lipinski definition) is 1. The van der Waals surface area contributed by atoms with Crippen LogP contribution in [0.5, 0.6) is 5.75 Å². The molecule has 0 amide bonds. The minimum absolute atomic E-state index is 0.0381. The van der Waals surface area contributed by atoms with Gasteiger partial charge in [0.1, 0.15) is 17.9 Å². The number of hydrogen-bond acceptors (Lipinski definition) is 3. The van der Waals surface area contributed by atoms with Crippen LogP contribution in [0.3, 0.4) is 0 Å². The van der Waals surface area contributed by atoms with Crippen molar-refractivity contribution in [2.75, 3.05) is 0 Å². The summed E-state index contributed by atoms with van der Waals surface area (Å²) in [5, 5.41) is 10.2. The molecule has 142 valence electrons. The molecule has 0 fully saturated rings. The summed E-state index contributed by atoms with van der Waals surface area (Å²) in [6.45, 7) is -1.92. The number of aromatic nitrogens is 1. The maximum absolute atomic E-state index is 13.0. The van der Waals surface area contributed by atoms with Crippen molar-refractivity contribution in [1.82, 2.24) is 4.57 Å². The smallest absolute Gasteiger partial charge is 0.455 e. The molecule has 4 nitrogen and oxygen atoms in total. The van der Waals surface area contributed by atoms with E-state index in [4.69, 9.17) is 0 Å². The fourth-order valence-electron chi connectivity index (χ4n) is 2.89. The molecular formula is C17H9F6NO3. The summed E-state index contributed by atoms with van der Waals surface area (Å²) in [6.07, 6.45) is -10.5. The van der Waals surface area contributed by atoms with Crippen LogP contribution in [0.25, 0.3) is 21.7 Å². The molecule has 0 bridgehead atoms. The lowest BCUT2D eigenvalue weighted by molar-refractivity contribution is -0.140. The van der Waals surface area contributed by atoms with E-state index >= 15 is 0 Å². The molecule has 0 radical (unpaired) electrons. The first-order valence-electron chi connectivity index (χ1n) is 7.37. The zero-order valence-electron chi connectivity index (χ0n) is 13.1. The highest BCUT2D eigenvalue weighted by molar-refractivity contribution is 6.12. The van der Waals surface area contributed by atoms with Crippen LogP contribution in [0.15, 0.2) is 41.2 Å². The van der Waals surface area contributed by atoms with Crippen LogP contribution in [0.2, 0.25) is 0 Å². The number of aromatic hydroxyl groups is 1. The molecule has 0 saturated heterocycles. The number of carbonyl (C=O) groups is 1. The van der Waals surface area contributed by atoms with E-state index in [0.717, 1.165) is 6.07 Å². The lowest BCUT2D eigenvalue weighted by Gasteiger charge is -2.18. The predicted molar refractivity (Wildman–Crippen MR) is 83.8 cm³/mol. The van der Waals surface area contributed by atoms with Crippen molar-refractivity contribution in [2.45, 2.75) is 18.9 Å². The maximum Gasteiger partial charge on any atom is 0.455 e. The number of fused-ring (bicyclic) bond motifs is 3. The number of nitrogens with zero attached hydrogens (tertiary/aromatic N) is 1. The van der Waals surface area contributed by atoms with Crippen LogP contribution in [0.4, 0.5) is 26.3 Å². The van der Waals surface area contributed by atoms with E-state index in [1.807, 2.05) is 0 Å². The minimum atomic E-state index is -5.54. The SMILES string of the molecule is O=C(c1c(O)c2ccc3ccccc3c2n(CC(F)(F)F)c1=O)C(F)(F)F. The Morgan fingerprint density at radius 3 is 2.19 bits per heavy atom. The van der Waals surface area contributed by atoms with E-state index in [9.17, 15) is 41.0 Å². The van der Waals surface area contributed by atoms with E-state index in [0.29, 0.717) is 5.39 Å². The van der Waals surface area contributed by atoms with Crippen LogP contribution in [0.1, 0.15) is 10.4 Å². The van der Waals surface area contributed by atoms with Gasteiger partial charge in [0.25, 0.3) is 11.3 Å². The average molecular weight is 389 g/mol. The largest absolute Gasteiger partial charge is 0.506 e. The van der Waals surface area contributed by atoms with Crippen LogP contribution < -0.4 is 5.56 Å². The van der Waals surface area contributed by atoms with Gasteiger partial charge in [-0.1, -0.05) is 30.3 Å². The Kier molecular flexibility index (Phi) is 4.16. The summed E-state index contributed by atoms with van der Waals surface area (Å²) in [4.78, 5) is 23.9. The number of halogens is 6. The van der Waals surface area contributed by atoms with Gasteiger partial charge < -0.3 is 5.11 Å². The number of Topliss-reactive ketones (excluding diaryl/α,β-unsaturated/α-hetero) is 1. The number of rotatable bonds is 2. The Balaban J connectivity index is 2.54. The molecule has 0 saturated carbocycles. The van der Waals surface area contributed by atoms with Gasteiger partial charge in [0.2, 0.25) is 0 Å². The monoisotopic (exact) mass is 389 g/mol. The number of ketones is 1. The summed E-state index contributed by atoms with van der Waals surface area (Å²) >= 11 is 0. The molecule has 1 aromatic heterocycles. The summed E-state index contributed by atoms with van der Waals surface area (Å²) in [7, 11) is 0. The Bertz CT molecular complexity index is 1130. The zero-order valence-corrected chi connectivity index (χ0v) is 13.1. The Morgan fingerprint density at radius 1 is 0.963 bits per heavy atom. The molecule has 1 N–H and O–H groups in total. The molecule has 2 aromatic carbocycles. The Hall–Kier alpha value is -3.04. The number of alkyl halides is 6. The van der Waals surface area contributed by atoms with Crippen molar-refractivity contribution in [2.24, 2.45) is 0 Å². The van der Waals surface area contributed by atoms with Crippen molar-refractivity contribution in [3.8, 4) is 5.75 Å². The number of pyridine rings is 1. The zero-order chi connectivity index (χ0) is 20.1. The fourth-order valence-corrected chi connectivity index (χ4v) is 2.89. The topological polar surface area (TPSA) is 59.3 Å². The van der Waals surface area contributed by atoms with Crippen molar-refractivity contribution in [3.63, 3.8) is 0 Å². The van der Waals surface area contributed by atoms with Gasteiger partial charge in [0, 0.05) is 10.8 Å². The third kappa shape index (κ3) is 3.22. The van der Waals surface area contributed by atoms with Crippen LogP contribution in [0, 0.1) is 0 Å². The highest BCUT2D eigenvalue weighted by Gasteiger charge is 2.44. The first kappa shape index (κ1) is 18.7. The molecule has 0 aliphatic heterocycles. The molecule has 0 atom stereocenters. The normalized spacial score (nSPS) is 12.7. The van der Waals surface area contributed by atoms with Crippen molar-refractivity contribution < 1.29 is 36.2 Å². The van der Waals surface area contributed by atoms with Gasteiger partial charge in [-0.3, -0.25) is 14.2 Å². The standard InChI is InChI=1S/C17H9F6NO3/c18-16(19,20)7-24-12-9-4-2-1-3-8(9)5-6-10(12)13(25)11(15(24)27)14(26)17(21,22)23/h1-6,25H,7H2. The van der Waals surface area contributed by atoms with E-state index in [1.165, 1.54) is 24.3 Å². The highest BCUT2D eigenvalue weighted by atomic mass is 19.4. The molecule has 0 aliphatic rings. The lowest BCUT2D eigenvalue weighted by atomic mass is 10.0. The number of carbonyl (C=O) groups excluding carboxylic acids is 1. The van der Waals surface area contributed by atoms with E-state index in [1.54, 1.807) is 6.07 Å². The third-order valence-electron chi connectivity index (χ3n) is 3.94. The molecule has 3 aromatic rings. The van der Waals surface area contributed by atoms with Gasteiger partial charge in [-0.2, -0.15) is 26.3 Å². The third-order valence-corrected chi connectivity index (χ3v) is 3.94. The van der Waals surface area contributed by atoms with Crippen LogP contribution >= 0.6 is 0 Å². The van der Waals surface area contributed by atoms with Gasteiger partial charge in [0.05, 0.1) is 5.52 Å². The highest BCUT2D eigenvalue weighted by Crippen LogP contribution is 2.35.